The quantitative estimate of drug-likeness (QED) is 0.773. The molecule has 3 rings (SSSR count). The van der Waals surface area contributed by atoms with Crippen molar-refractivity contribution in [2.75, 3.05) is 20.8 Å². The highest BCUT2D eigenvalue weighted by atomic mass is 32.2. The van der Waals surface area contributed by atoms with Gasteiger partial charge in [-0.25, -0.2) is 8.42 Å². The van der Waals surface area contributed by atoms with Crippen LogP contribution in [0.15, 0.2) is 23.1 Å². The normalized spacial score (nSPS) is 18.2. The van der Waals surface area contributed by atoms with Gasteiger partial charge in [0.1, 0.15) is 16.4 Å². The third kappa shape index (κ3) is 3.23. The average Bonchev–Trinajstić information content (AvgIpc) is 3.06. The standard InChI is InChI=1S/C15H17F3N4O4S/c1-9-13-19-20-14(15(16,17)18)21(13)6-7-22(9)27(23,24)12-8-10(25-2)4-5-11(12)26-3/h4-5,8-9H,6-7H2,1-3H3. The number of ether oxygens (including phenoxy) is 2. The third-order valence-electron chi connectivity index (χ3n) is 4.34. The Hall–Kier alpha value is -2.34. The summed E-state index contributed by atoms with van der Waals surface area (Å²) in [6.07, 6.45) is -4.66. The Balaban J connectivity index is 2.04. The molecule has 12 heteroatoms. The van der Waals surface area contributed by atoms with Gasteiger partial charge in [-0.05, 0) is 19.1 Å². The summed E-state index contributed by atoms with van der Waals surface area (Å²) in [4.78, 5) is -0.139. The fourth-order valence-corrected chi connectivity index (χ4v) is 4.77. The van der Waals surface area contributed by atoms with Gasteiger partial charge in [0, 0.05) is 19.2 Å². The fraction of sp³-hybridized carbons (Fsp3) is 0.467. The summed E-state index contributed by atoms with van der Waals surface area (Å²) in [6.45, 7) is 1.08. The van der Waals surface area contributed by atoms with E-state index in [1.54, 1.807) is 6.07 Å². The summed E-state index contributed by atoms with van der Waals surface area (Å²) in [6, 6.07) is 3.36. The number of nitrogens with zero attached hydrogens (tertiary/aromatic N) is 4. The summed E-state index contributed by atoms with van der Waals surface area (Å²) in [5.41, 5.74) is 0. The molecule has 0 bridgehead atoms. The van der Waals surface area contributed by atoms with Gasteiger partial charge in [-0.1, -0.05) is 0 Å². The van der Waals surface area contributed by atoms with Crippen molar-refractivity contribution in [3.63, 3.8) is 0 Å². The molecule has 1 unspecified atom stereocenters. The summed E-state index contributed by atoms with van der Waals surface area (Å²) in [7, 11) is -1.37. The second-order valence-corrected chi connectivity index (χ2v) is 7.70. The van der Waals surface area contributed by atoms with Gasteiger partial charge in [0.05, 0.1) is 20.3 Å². The maximum Gasteiger partial charge on any atom is 0.451 e. The predicted octanol–water partition coefficient (Wildman–Crippen LogP) is 2.08. The lowest BCUT2D eigenvalue weighted by molar-refractivity contribution is -0.147. The number of halogens is 3. The van der Waals surface area contributed by atoms with Crippen molar-refractivity contribution in [3.8, 4) is 11.5 Å². The van der Waals surface area contributed by atoms with E-state index in [2.05, 4.69) is 10.2 Å². The van der Waals surface area contributed by atoms with E-state index in [1.165, 1.54) is 33.3 Å². The average molecular weight is 406 g/mol. The van der Waals surface area contributed by atoms with Crippen LogP contribution in [0.4, 0.5) is 13.2 Å². The SMILES string of the molecule is COc1ccc(OC)c(S(=O)(=O)N2CCn3c(nnc3C(F)(F)F)C2C)c1. The fourth-order valence-electron chi connectivity index (χ4n) is 3.02. The van der Waals surface area contributed by atoms with E-state index >= 15 is 0 Å². The van der Waals surface area contributed by atoms with Crippen LogP contribution < -0.4 is 9.47 Å². The molecule has 27 heavy (non-hydrogen) atoms. The number of aromatic nitrogens is 3. The van der Waals surface area contributed by atoms with Gasteiger partial charge in [-0.15, -0.1) is 10.2 Å². The van der Waals surface area contributed by atoms with Crippen molar-refractivity contribution >= 4 is 10.0 Å². The van der Waals surface area contributed by atoms with E-state index in [4.69, 9.17) is 9.47 Å². The molecule has 0 radical (unpaired) electrons. The van der Waals surface area contributed by atoms with E-state index in [-0.39, 0.29) is 29.6 Å². The number of fused-ring (bicyclic) bond motifs is 1. The van der Waals surface area contributed by atoms with Crippen LogP contribution >= 0.6 is 0 Å². The minimum Gasteiger partial charge on any atom is -0.497 e. The van der Waals surface area contributed by atoms with Crippen molar-refractivity contribution < 1.29 is 31.1 Å². The van der Waals surface area contributed by atoms with E-state index < -0.39 is 28.1 Å². The van der Waals surface area contributed by atoms with Crippen LogP contribution in [0.25, 0.3) is 0 Å². The number of hydrogen-bond donors (Lipinski definition) is 0. The summed E-state index contributed by atoms with van der Waals surface area (Å²) in [5.74, 6) is -0.799. The van der Waals surface area contributed by atoms with E-state index in [1.807, 2.05) is 0 Å². The zero-order valence-electron chi connectivity index (χ0n) is 14.7. The van der Waals surface area contributed by atoms with E-state index in [0.29, 0.717) is 5.75 Å². The number of rotatable bonds is 4. The van der Waals surface area contributed by atoms with Crippen LogP contribution in [0.5, 0.6) is 11.5 Å². The van der Waals surface area contributed by atoms with Gasteiger partial charge in [0.25, 0.3) is 0 Å². The van der Waals surface area contributed by atoms with E-state index in [9.17, 15) is 21.6 Å². The highest BCUT2D eigenvalue weighted by Crippen LogP contribution is 2.37. The maximum absolute atomic E-state index is 13.2. The van der Waals surface area contributed by atoms with Gasteiger partial charge in [-0.2, -0.15) is 17.5 Å². The van der Waals surface area contributed by atoms with Gasteiger partial charge < -0.3 is 14.0 Å². The smallest absolute Gasteiger partial charge is 0.451 e. The molecule has 0 saturated carbocycles. The first-order valence-corrected chi connectivity index (χ1v) is 9.29. The second-order valence-electron chi connectivity index (χ2n) is 5.84. The van der Waals surface area contributed by atoms with Gasteiger partial charge >= 0.3 is 6.18 Å². The van der Waals surface area contributed by atoms with E-state index in [0.717, 1.165) is 8.87 Å². The molecule has 2 aromatic rings. The predicted molar refractivity (Wildman–Crippen MR) is 86.9 cm³/mol. The highest BCUT2D eigenvalue weighted by Gasteiger charge is 2.43. The third-order valence-corrected chi connectivity index (χ3v) is 6.33. The first kappa shape index (κ1) is 19.4. The molecule has 0 fully saturated rings. The number of benzene rings is 1. The Labute approximate surface area is 153 Å². The van der Waals surface area contributed by atoms with Crippen molar-refractivity contribution in [3.05, 3.63) is 29.8 Å². The van der Waals surface area contributed by atoms with Crippen molar-refractivity contribution in [1.82, 2.24) is 19.1 Å². The van der Waals surface area contributed by atoms with Crippen molar-refractivity contribution in [2.45, 2.75) is 30.6 Å². The molecule has 0 saturated heterocycles. The van der Waals surface area contributed by atoms with Gasteiger partial charge in [-0.3, -0.25) is 0 Å². The maximum atomic E-state index is 13.2. The van der Waals surface area contributed by atoms with Crippen LogP contribution in [0.1, 0.15) is 24.6 Å². The Morgan fingerprint density at radius 3 is 2.44 bits per heavy atom. The zero-order valence-corrected chi connectivity index (χ0v) is 15.5. The monoisotopic (exact) mass is 406 g/mol. The van der Waals surface area contributed by atoms with Crippen LogP contribution in [0.3, 0.4) is 0 Å². The number of sulfonamides is 1. The van der Waals surface area contributed by atoms with Crippen LogP contribution in [0.2, 0.25) is 0 Å². The molecule has 1 aliphatic rings. The highest BCUT2D eigenvalue weighted by molar-refractivity contribution is 7.89. The first-order chi connectivity index (χ1) is 12.6. The van der Waals surface area contributed by atoms with Gasteiger partial charge in [0.15, 0.2) is 5.82 Å². The Bertz CT molecular complexity index is 958. The van der Waals surface area contributed by atoms with Crippen LogP contribution in [-0.4, -0.2) is 48.3 Å². The summed E-state index contributed by atoms with van der Waals surface area (Å²) >= 11 is 0. The Kier molecular flexibility index (Phi) is 4.80. The number of alkyl halides is 3. The molecule has 0 aliphatic carbocycles. The Morgan fingerprint density at radius 1 is 1.15 bits per heavy atom. The molecule has 2 heterocycles. The minimum atomic E-state index is -4.66. The number of hydrogen-bond acceptors (Lipinski definition) is 6. The molecule has 1 aromatic heterocycles. The zero-order chi connectivity index (χ0) is 20.0. The minimum absolute atomic E-state index is 0.0704. The molecule has 1 aromatic carbocycles. The Morgan fingerprint density at radius 2 is 1.85 bits per heavy atom. The summed E-state index contributed by atoms with van der Waals surface area (Å²) in [5, 5.41) is 6.76. The molecule has 148 valence electrons. The molecule has 0 spiro atoms. The van der Waals surface area contributed by atoms with Gasteiger partial charge in [0.2, 0.25) is 15.8 Å². The first-order valence-electron chi connectivity index (χ1n) is 7.85. The lowest BCUT2D eigenvalue weighted by atomic mass is 10.2. The lowest BCUT2D eigenvalue weighted by Gasteiger charge is -2.33. The topological polar surface area (TPSA) is 86.5 Å². The van der Waals surface area contributed by atoms with Crippen LogP contribution in [0, 0.1) is 0 Å². The summed E-state index contributed by atoms with van der Waals surface area (Å²) < 4.78 is 77.6. The molecule has 1 atom stereocenters. The van der Waals surface area contributed by atoms with Crippen molar-refractivity contribution in [2.24, 2.45) is 0 Å². The molecule has 0 amide bonds. The van der Waals surface area contributed by atoms with Crippen LogP contribution in [-0.2, 0) is 22.7 Å². The molecule has 8 nitrogen and oxygen atoms in total. The second kappa shape index (κ2) is 6.68. The largest absolute Gasteiger partial charge is 0.497 e. The molecule has 0 N–H and O–H groups in total. The molecular weight excluding hydrogens is 389 g/mol. The lowest BCUT2D eigenvalue weighted by Crippen LogP contribution is -2.42. The molecular formula is C15H17F3N4O4S. The van der Waals surface area contributed by atoms with Crippen molar-refractivity contribution in [1.29, 1.82) is 0 Å². The number of methoxy groups -OCH3 is 2. The molecule has 1 aliphatic heterocycles.